The molecule has 0 radical (unpaired) electrons. The van der Waals surface area contributed by atoms with Gasteiger partial charge in [0.15, 0.2) is 0 Å². The van der Waals surface area contributed by atoms with Crippen LogP contribution in [-0.2, 0) is 0 Å². The van der Waals surface area contributed by atoms with Gasteiger partial charge in [-0.25, -0.2) is 13.5 Å². The summed E-state index contributed by atoms with van der Waals surface area (Å²) in [7, 11) is 0. The molecule has 88 valence electrons. The van der Waals surface area contributed by atoms with E-state index in [1.54, 1.807) is 24.5 Å². The van der Waals surface area contributed by atoms with Crippen LogP contribution in [0.15, 0.2) is 42.5 Å². The zero-order valence-electron chi connectivity index (χ0n) is 8.85. The number of halogens is 2. The third-order valence-electron chi connectivity index (χ3n) is 2.22. The van der Waals surface area contributed by atoms with Gasteiger partial charge in [-0.1, -0.05) is 0 Å². The lowest BCUT2D eigenvalue weighted by atomic mass is 10.1. The van der Waals surface area contributed by atoms with Crippen molar-refractivity contribution in [1.29, 1.82) is 0 Å². The van der Waals surface area contributed by atoms with Crippen molar-refractivity contribution in [3.63, 3.8) is 0 Å². The molecule has 1 N–H and O–H groups in total. The number of benzene rings is 1. The van der Waals surface area contributed by atoms with Crippen LogP contribution in [-0.4, -0.2) is 21.5 Å². The molecule has 3 nitrogen and oxygen atoms in total. The average molecular weight is 236 g/mol. The Morgan fingerprint density at radius 2 is 2.29 bits per heavy atom. The Morgan fingerprint density at radius 3 is 2.88 bits per heavy atom. The van der Waals surface area contributed by atoms with E-state index in [1.165, 1.54) is 16.8 Å². The molecule has 1 heterocycles. The zero-order valence-corrected chi connectivity index (χ0v) is 8.85. The van der Waals surface area contributed by atoms with Crippen molar-refractivity contribution in [2.24, 2.45) is 0 Å². The quantitative estimate of drug-likeness (QED) is 0.888. The molecule has 0 amide bonds. The summed E-state index contributed by atoms with van der Waals surface area (Å²) in [6, 6.07) is 6.02. The van der Waals surface area contributed by atoms with Crippen LogP contribution < -0.4 is 0 Å². The third-order valence-corrected chi connectivity index (χ3v) is 2.22. The van der Waals surface area contributed by atoms with Crippen molar-refractivity contribution in [2.45, 2.75) is 0 Å². The minimum Gasteiger partial charge on any atom is -0.389 e. The molecule has 0 aliphatic heterocycles. The Balaban J connectivity index is 2.36. The van der Waals surface area contributed by atoms with Gasteiger partial charge in [0.1, 0.15) is 11.6 Å². The van der Waals surface area contributed by atoms with Crippen LogP contribution in [0.25, 0.3) is 11.8 Å². The highest BCUT2D eigenvalue weighted by Crippen LogP contribution is 2.16. The van der Waals surface area contributed by atoms with Crippen LogP contribution in [0, 0.1) is 5.82 Å². The van der Waals surface area contributed by atoms with Crippen LogP contribution in [0.3, 0.4) is 0 Å². The van der Waals surface area contributed by atoms with Crippen LogP contribution >= 0.6 is 0 Å². The highest BCUT2D eigenvalue weighted by atomic mass is 19.1. The summed E-state index contributed by atoms with van der Waals surface area (Å²) in [5.74, 6) is -1.35. The van der Waals surface area contributed by atoms with E-state index in [4.69, 9.17) is 5.11 Å². The molecule has 5 heteroatoms. The molecule has 0 aliphatic carbocycles. The molecular weight excluding hydrogens is 226 g/mol. The fourth-order valence-electron chi connectivity index (χ4n) is 1.41. The lowest BCUT2D eigenvalue weighted by Gasteiger charge is -2.03. The Labute approximate surface area is 96.6 Å². The van der Waals surface area contributed by atoms with E-state index < -0.39 is 18.3 Å². The molecule has 1 aromatic heterocycles. The fraction of sp³-hybridized carbons (Fsp3) is 0.0833. The first kappa shape index (κ1) is 11.5. The summed E-state index contributed by atoms with van der Waals surface area (Å²) in [6.45, 7) is -0.736. The van der Waals surface area contributed by atoms with Crippen LogP contribution in [0.2, 0.25) is 0 Å². The Hall–Kier alpha value is -2.01. The smallest absolute Gasteiger partial charge is 0.132 e. The van der Waals surface area contributed by atoms with Crippen molar-refractivity contribution < 1.29 is 13.9 Å². The maximum Gasteiger partial charge on any atom is 0.132 e. The number of aliphatic hydroxyl groups excluding tert-OH is 1. The van der Waals surface area contributed by atoms with E-state index >= 15 is 0 Å². The van der Waals surface area contributed by atoms with Crippen LogP contribution in [0.1, 0.15) is 5.56 Å². The van der Waals surface area contributed by atoms with Gasteiger partial charge in [-0.2, -0.15) is 5.10 Å². The molecule has 0 spiro atoms. The Kier molecular flexibility index (Phi) is 3.30. The molecule has 17 heavy (non-hydrogen) atoms. The predicted molar refractivity (Wildman–Crippen MR) is 59.7 cm³/mol. The van der Waals surface area contributed by atoms with E-state index in [0.717, 1.165) is 6.08 Å². The number of rotatable bonds is 3. The fourth-order valence-corrected chi connectivity index (χ4v) is 1.41. The first-order valence-corrected chi connectivity index (χ1v) is 4.97. The van der Waals surface area contributed by atoms with Crippen LogP contribution in [0.4, 0.5) is 8.78 Å². The summed E-state index contributed by atoms with van der Waals surface area (Å²) in [5, 5.41) is 12.5. The van der Waals surface area contributed by atoms with Gasteiger partial charge in [0.2, 0.25) is 0 Å². The molecular formula is C12H10F2N2O. The molecule has 0 saturated carbocycles. The predicted octanol–water partition coefficient (Wildman–Crippen LogP) is 2.31. The second-order valence-corrected chi connectivity index (χ2v) is 3.41. The second-order valence-electron chi connectivity index (χ2n) is 3.41. The number of hydrogen-bond donors (Lipinski definition) is 1. The van der Waals surface area contributed by atoms with Gasteiger partial charge in [-0.05, 0) is 24.3 Å². The maximum atomic E-state index is 13.6. The first-order valence-electron chi connectivity index (χ1n) is 4.97. The van der Waals surface area contributed by atoms with Crippen molar-refractivity contribution in [2.75, 3.05) is 6.61 Å². The first-order chi connectivity index (χ1) is 8.20. The highest BCUT2D eigenvalue weighted by molar-refractivity contribution is 5.54. The van der Waals surface area contributed by atoms with Gasteiger partial charge in [0, 0.05) is 24.0 Å². The summed E-state index contributed by atoms with van der Waals surface area (Å²) in [4.78, 5) is 0. The minimum absolute atomic E-state index is 0.0902. The van der Waals surface area contributed by atoms with E-state index in [2.05, 4.69) is 5.10 Å². The zero-order chi connectivity index (χ0) is 12.3. The van der Waals surface area contributed by atoms with Crippen molar-refractivity contribution >= 4 is 6.08 Å². The largest absolute Gasteiger partial charge is 0.389 e. The topological polar surface area (TPSA) is 38.0 Å². The summed E-state index contributed by atoms with van der Waals surface area (Å²) >= 11 is 0. The molecule has 2 aromatic rings. The van der Waals surface area contributed by atoms with E-state index in [1.807, 2.05) is 0 Å². The van der Waals surface area contributed by atoms with Crippen molar-refractivity contribution in [1.82, 2.24) is 9.78 Å². The van der Waals surface area contributed by atoms with Crippen molar-refractivity contribution in [3.8, 4) is 5.69 Å². The standard InChI is InChI=1S/C12H10F2N2O/c13-10(8-17)6-9-2-3-11(7-12(9)14)16-5-1-4-15-16/h1-7,17H,8H2/b10-6+. The molecule has 1 aromatic carbocycles. The summed E-state index contributed by atoms with van der Waals surface area (Å²) in [6.07, 6.45) is 4.22. The van der Waals surface area contributed by atoms with E-state index in [9.17, 15) is 8.78 Å². The SMILES string of the molecule is OC/C(F)=C\c1ccc(-n2cccn2)cc1F. The monoisotopic (exact) mass is 236 g/mol. The van der Waals surface area contributed by atoms with Gasteiger partial charge in [0.25, 0.3) is 0 Å². The van der Waals surface area contributed by atoms with E-state index in [0.29, 0.717) is 5.69 Å². The number of nitrogens with zero attached hydrogens (tertiary/aromatic N) is 2. The van der Waals surface area contributed by atoms with Gasteiger partial charge in [-0.15, -0.1) is 0 Å². The second kappa shape index (κ2) is 4.88. The number of hydrogen-bond acceptors (Lipinski definition) is 2. The Bertz CT molecular complexity index is 535. The van der Waals surface area contributed by atoms with Gasteiger partial charge in [-0.3, -0.25) is 0 Å². The number of aromatic nitrogens is 2. The number of aliphatic hydroxyl groups is 1. The lowest BCUT2D eigenvalue weighted by Crippen LogP contribution is -1.96. The van der Waals surface area contributed by atoms with E-state index in [-0.39, 0.29) is 5.56 Å². The Morgan fingerprint density at radius 1 is 1.47 bits per heavy atom. The third kappa shape index (κ3) is 2.57. The van der Waals surface area contributed by atoms with Gasteiger partial charge >= 0.3 is 0 Å². The average Bonchev–Trinajstić information content (AvgIpc) is 2.85. The molecule has 0 saturated heterocycles. The summed E-state index contributed by atoms with van der Waals surface area (Å²) < 4.78 is 27.9. The normalized spacial score (nSPS) is 11.8. The molecule has 0 bridgehead atoms. The van der Waals surface area contributed by atoms with Gasteiger partial charge in [0.05, 0.1) is 12.3 Å². The molecule has 2 rings (SSSR count). The highest BCUT2D eigenvalue weighted by Gasteiger charge is 2.04. The van der Waals surface area contributed by atoms with Gasteiger partial charge < -0.3 is 5.11 Å². The lowest BCUT2D eigenvalue weighted by molar-refractivity contribution is 0.300. The molecule has 0 aliphatic rings. The molecule has 0 fully saturated rings. The maximum absolute atomic E-state index is 13.6. The van der Waals surface area contributed by atoms with Crippen molar-refractivity contribution in [3.05, 3.63) is 53.9 Å². The minimum atomic E-state index is -0.782. The molecule has 0 unspecified atom stereocenters. The molecule has 0 atom stereocenters. The summed E-state index contributed by atoms with van der Waals surface area (Å²) in [5.41, 5.74) is 0.640. The van der Waals surface area contributed by atoms with Crippen LogP contribution in [0.5, 0.6) is 0 Å².